The molecule has 0 radical (unpaired) electrons. The molecular weight excluding hydrogens is 222 g/mol. The van der Waals surface area contributed by atoms with Crippen molar-refractivity contribution in [2.45, 2.75) is 32.9 Å². The zero-order valence-electron chi connectivity index (χ0n) is 10.2. The minimum absolute atomic E-state index is 0.258. The van der Waals surface area contributed by atoms with Crippen LogP contribution in [0, 0.1) is 5.92 Å². The highest BCUT2D eigenvalue weighted by Gasteiger charge is 2.11. The number of hydrogen-bond donors (Lipinski definition) is 2. The van der Waals surface area contributed by atoms with Gasteiger partial charge in [-0.25, -0.2) is 0 Å². The third-order valence-electron chi connectivity index (χ3n) is 2.79. The van der Waals surface area contributed by atoms with Gasteiger partial charge in [-0.1, -0.05) is 20.3 Å². The van der Waals surface area contributed by atoms with E-state index in [4.69, 9.17) is 4.74 Å². The van der Waals surface area contributed by atoms with Gasteiger partial charge in [-0.15, -0.1) is 11.3 Å². The largest absolute Gasteiger partial charge is 0.487 e. The summed E-state index contributed by atoms with van der Waals surface area (Å²) in [7, 11) is 1.68. The smallest absolute Gasteiger partial charge is 0.173 e. The zero-order valence-corrected chi connectivity index (χ0v) is 11.0. The van der Waals surface area contributed by atoms with Crippen molar-refractivity contribution in [2.24, 2.45) is 5.92 Å². The van der Waals surface area contributed by atoms with Crippen molar-refractivity contribution in [1.82, 2.24) is 5.32 Å². The maximum absolute atomic E-state index is 9.76. The van der Waals surface area contributed by atoms with E-state index in [1.54, 1.807) is 18.4 Å². The van der Waals surface area contributed by atoms with Crippen molar-refractivity contribution in [3.8, 4) is 5.06 Å². The average Bonchev–Trinajstić information content (AvgIpc) is 2.75. The molecule has 1 aromatic heterocycles. The standard InChI is InChI=1S/C12H21NO2S/c1-4-9(2)11(14)8-13-7-10-5-6-12(15-3)16-10/h5-6,9,11,13-14H,4,7-8H2,1-3H3. The average molecular weight is 243 g/mol. The topological polar surface area (TPSA) is 41.5 Å². The molecular formula is C12H21NO2S. The summed E-state index contributed by atoms with van der Waals surface area (Å²) < 4.78 is 5.12. The highest BCUT2D eigenvalue weighted by atomic mass is 32.1. The van der Waals surface area contributed by atoms with Crippen LogP contribution in [0.2, 0.25) is 0 Å². The van der Waals surface area contributed by atoms with E-state index in [9.17, 15) is 5.11 Å². The van der Waals surface area contributed by atoms with Gasteiger partial charge in [-0.3, -0.25) is 0 Å². The number of hydrogen-bond acceptors (Lipinski definition) is 4. The Kier molecular flexibility index (Phi) is 5.80. The summed E-state index contributed by atoms with van der Waals surface area (Å²) in [5.74, 6) is 0.352. The van der Waals surface area contributed by atoms with Gasteiger partial charge < -0.3 is 15.2 Å². The molecule has 0 bridgehead atoms. The van der Waals surface area contributed by atoms with Crippen molar-refractivity contribution in [2.75, 3.05) is 13.7 Å². The lowest BCUT2D eigenvalue weighted by molar-refractivity contribution is 0.113. The lowest BCUT2D eigenvalue weighted by Gasteiger charge is -2.17. The molecule has 3 nitrogen and oxygen atoms in total. The van der Waals surface area contributed by atoms with Crippen LogP contribution < -0.4 is 10.1 Å². The Morgan fingerprint density at radius 3 is 2.81 bits per heavy atom. The van der Waals surface area contributed by atoms with Crippen LogP contribution in [0.5, 0.6) is 5.06 Å². The number of aliphatic hydroxyl groups excluding tert-OH is 1. The molecule has 2 atom stereocenters. The quantitative estimate of drug-likeness (QED) is 0.772. The lowest BCUT2D eigenvalue weighted by atomic mass is 10.0. The number of thiophene rings is 1. The van der Waals surface area contributed by atoms with Gasteiger partial charge in [0, 0.05) is 18.0 Å². The fourth-order valence-corrected chi connectivity index (χ4v) is 2.17. The molecule has 0 fully saturated rings. The summed E-state index contributed by atoms with van der Waals surface area (Å²) in [6.07, 6.45) is 0.752. The van der Waals surface area contributed by atoms with Gasteiger partial charge in [0.15, 0.2) is 5.06 Å². The zero-order chi connectivity index (χ0) is 12.0. The number of methoxy groups -OCH3 is 1. The predicted molar refractivity (Wildman–Crippen MR) is 68.0 cm³/mol. The van der Waals surface area contributed by atoms with Crippen LogP contribution in [0.15, 0.2) is 12.1 Å². The fraction of sp³-hybridized carbons (Fsp3) is 0.667. The number of rotatable bonds is 7. The first-order chi connectivity index (χ1) is 7.67. The van der Waals surface area contributed by atoms with Gasteiger partial charge in [0.05, 0.1) is 13.2 Å². The molecule has 4 heteroatoms. The van der Waals surface area contributed by atoms with E-state index >= 15 is 0 Å². The summed E-state index contributed by atoms with van der Waals surface area (Å²) >= 11 is 1.63. The van der Waals surface area contributed by atoms with Crippen LogP contribution in [0.1, 0.15) is 25.1 Å². The van der Waals surface area contributed by atoms with E-state index in [1.165, 1.54) is 4.88 Å². The molecule has 0 aromatic carbocycles. The highest BCUT2D eigenvalue weighted by Crippen LogP contribution is 2.23. The monoisotopic (exact) mass is 243 g/mol. The SMILES string of the molecule is CCC(C)C(O)CNCc1ccc(OC)s1. The molecule has 2 unspecified atom stereocenters. The molecule has 1 rings (SSSR count). The number of nitrogens with one attached hydrogen (secondary N) is 1. The molecule has 16 heavy (non-hydrogen) atoms. The van der Waals surface area contributed by atoms with Gasteiger partial charge in [0.25, 0.3) is 0 Å². The first-order valence-electron chi connectivity index (χ1n) is 5.68. The Labute approximate surface area is 101 Å². The van der Waals surface area contributed by atoms with Gasteiger partial charge in [0.2, 0.25) is 0 Å². The molecule has 0 aliphatic heterocycles. The van der Waals surface area contributed by atoms with Gasteiger partial charge in [0.1, 0.15) is 0 Å². The Balaban J connectivity index is 2.24. The predicted octanol–water partition coefficient (Wildman–Crippen LogP) is 2.25. The van der Waals surface area contributed by atoms with Crippen LogP contribution in [0.25, 0.3) is 0 Å². The van der Waals surface area contributed by atoms with E-state index in [0.717, 1.165) is 18.0 Å². The maximum Gasteiger partial charge on any atom is 0.173 e. The lowest BCUT2D eigenvalue weighted by Crippen LogP contribution is -2.30. The minimum Gasteiger partial charge on any atom is -0.487 e. The second-order valence-corrected chi connectivity index (χ2v) is 5.14. The van der Waals surface area contributed by atoms with Gasteiger partial charge >= 0.3 is 0 Å². The Morgan fingerprint density at radius 2 is 2.25 bits per heavy atom. The molecule has 1 aromatic rings. The molecule has 2 N–H and O–H groups in total. The Morgan fingerprint density at radius 1 is 1.50 bits per heavy atom. The second kappa shape index (κ2) is 6.89. The van der Waals surface area contributed by atoms with Crippen LogP contribution >= 0.6 is 11.3 Å². The van der Waals surface area contributed by atoms with E-state index < -0.39 is 0 Å². The maximum atomic E-state index is 9.76. The third-order valence-corrected chi connectivity index (χ3v) is 3.84. The molecule has 0 spiro atoms. The minimum atomic E-state index is -0.258. The van der Waals surface area contributed by atoms with E-state index in [0.29, 0.717) is 12.5 Å². The van der Waals surface area contributed by atoms with Crippen LogP contribution in [0.3, 0.4) is 0 Å². The summed E-state index contributed by atoms with van der Waals surface area (Å²) in [6.45, 7) is 5.61. The van der Waals surface area contributed by atoms with Gasteiger partial charge in [-0.05, 0) is 18.1 Å². The number of ether oxygens (including phenoxy) is 1. The Bertz CT molecular complexity index is 301. The molecule has 0 aliphatic carbocycles. The van der Waals surface area contributed by atoms with Crippen molar-refractivity contribution in [3.05, 3.63) is 17.0 Å². The van der Waals surface area contributed by atoms with E-state index in [2.05, 4.69) is 19.2 Å². The molecule has 92 valence electrons. The van der Waals surface area contributed by atoms with E-state index in [1.807, 2.05) is 12.1 Å². The first-order valence-corrected chi connectivity index (χ1v) is 6.50. The second-order valence-electron chi connectivity index (χ2n) is 4.01. The van der Waals surface area contributed by atoms with Crippen molar-refractivity contribution in [3.63, 3.8) is 0 Å². The van der Waals surface area contributed by atoms with Crippen molar-refractivity contribution in [1.29, 1.82) is 0 Å². The van der Waals surface area contributed by atoms with Crippen molar-refractivity contribution < 1.29 is 9.84 Å². The summed E-state index contributed by atoms with van der Waals surface area (Å²) in [4.78, 5) is 1.23. The molecule has 0 aliphatic rings. The molecule has 1 heterocycles. The number of aliphatic hydroxyl groups is 1. The first kappa shape index (κ1) is 13.5. The van der Waals surface area contributed by atoms with Crippen LogP contribution in [-0.2, 0) is 6.54 Å². The summed E-state index contributed by atoms with van der Waals surface area (Å²) in [6, 6.07) is 4.01. The van der Waals surface area contributed by atoms with E-state index in [-0.39, 0.29) is 6.10 Å². The molecule has 0 saturated carbocycles. The van der Waals surface area contributed by atoms with Crippen molar-refractivity contribution >= 4 is 11.3 Å². The normalized spacial score (nSPS) is 14.8. The van der Waals surface area contributed by atoms with Crippen LogP contribution in [-0.4, -0.2) is 24.9 Å². The third kappa shape index (κ3) is 4.12. The molecule has 0 saturated heterocycles. The highest BCUT2D eigenvalue weighted by molar-refractivity contribution is 7.13. The Hall–Kier alpha value is -0.580. The summed E-state index contributed by atoms with van der Waals surface area (Å²) in [5, 5.41) is 14.0. The van der Waals surface area contributed by atoms with Crippen LogP contribution in [0.4, 0.5) is 0 Å². The van der Waals surface area contributed by atoms with Gasteiger partial charge in [-0.2, -0.15) is 0 Å². The summed E-state index contributed by atoms with van der Waals surface area (Å²) in [5.41, 5.74) is 0. The fourth-order valence-electron chi connectivity index (χ4n) is 1.38. The molecule has 0 amide bonds.